The summed E-state index contributed by atoms with van der Waals surface area (Å²) in [5, 5.41) is 0. The number of carbonyl (C=O) groups is 1. The van der Waals surface area contributed by atoms with Crippen LogP contribution in [0.4, 0.5) is 0 Å². The smallest absolute Gasteiger partial charge is 0.260 e. The summed E-state index contributed by atoms with van der Waals surface area (Å²) in [6.45, 7) is 6.91. The van der Waals surface area contributed by atoms with Crippen molar-refractivity contribution in [2.45, 2.75) is 25.4 Å². The third kappa shape index (κ3) is 5.99. The zero-order valence-electron chi connectivity index (χ0n) is 18.4. The van der Waals surface area contributed by atoms with Crippen LogP contribution in [-0.4, -0.2) is 79.6 Å². The Labute approximate surface area is 185 Å². The fourth-order valence-electron chi connectivity index (χ4n) is 4.53. The van der Waals surface area contributed by atoms with Gasteiger partial charge in [-0.1, -0.05) is 30.3 Å². The van der Waals surface area contributed by atoms with E-state index >= 15 is 0 Å². The van der Waals surface area contributed by atoms with Crippen molar-refractivity contribution in [3.8, 4) is 11.5 Å². The lowest BCUT2D eigenvalue weighted by Gasteiger charge is -2.42. The highest BCUT2D eigenvalue weighted by atomic mass is 16.5. The summed E-state index contributed by atoms with van der Waals surface area (Å²) < 4.78 is 10.8. The third-order valence-corrected chi connectivity index (χ3v) is 6.41. The topological polar surface area (TPSA) is 45.3 Å². The third-order valence-electron chi connectivity index (χ3n) is 6.41. The molecule has 0 saturated carbocycles. The monoisotopic (exact) mass is 423 g/mol. The van der Waals surface area contributed by atoms with E-state index in [1.165, 1.54) is 18.4 Å². The van der Waals surface area contributed by atoms with Crippen LogP contribution in [0.3, 0.4) is 0 Å². The molecule has 31 heavy (non-hydrogen) atoms. The second-order valence-corrected chi connectivity index (χ2v) is 8.37. The molecule has 4 rings (SSSR count). The lowest BCUT2D eigenvalue weighted by Crippen LogP contribution is -2.54. The number of nitrogens with zero attached hydrogens (tertiary/aromatic N) is 3. The number of rotatable bonds is 7. The van der Waals surface area contributed by atoms with Crippen LogP contribution < -0.4 is 9.47 Å². The minimum Gasteiger partial charge on any atom is -0.497 e. The summed E-state index contributed by atoms with van der Waals surface area (Å²) in [5.41, 5.74) is 1.39. The van der Waals surface area contributed by atoms with E-state index in [1.807, 2.05) is 29.2 Å². The van der Waals surface area contributed by atoms with Gasteiger partial charge < -0.3 is 14.4 Å². The number of likely N-dealkylation sites (tertiary alicyclic amines) is 1. The summed E-state index contributed by atoms with van der Waals surface area (Å²) in [6.07, 6.45) is 2.42. The molecule has 0 radical (unpaired) electrons. The zero-order valence-corrected chi connectivity index (χ0v) is 18.4. The number of methoxy groups -OCH3 is 1. The van der Waals surface area contributed by atoms with Gasteiger partial charge in [0.15, 0.2) is 6.61 Å². The summed E-state index contributed by atoms with van der Waals surface area (Å²) in [5.74, 6) is 1.53. The maximum atomic E-state index is 12.5. The maximum Gasteiger partial charge on any atom is 0.260 e. The van der Waals surface area contributed by atoms with Crippen LogP contribution in [0.1, 0.15) is 18.4 Å². The van der Waals surface area contributed by atoms with E-state index in [9.17, 15) is 4.79 Å². The van der Waals surface area contributed by atoms with Crippen LogP contribution in [0.25, 0.3) is 0 Å². The fourth-order valence-corrected chi connectivity index (χ4v) is 4.53. The first-order valence-corrected chi connectivity index (χ1v) is 11.3. The maximum absolute atomic E-state index is 12.5. The van der Waals surface area contributed by atoms with Gasteiger partial charge >= 0.3 is 0 Å². The number of ether oxygens (including phenoxy) is 2. The molecule has 0 aromatic heterocycles. The molecule has 2 heterocycles. The number of piperidine rings is 1. The molecule has 2 aromatic rings. The van der Waals surface area contributed by atoms with Crippen molar-refractivity contribution < 1.29 is 14.3 Å². The predicted molar refractivity (Wildman–Crippen MR) is 121 cm³/mol. The number of carbonyl (C=O) groups excluding carboxylic acids is 1. The van der Waals surface area contributed by atoms with E-state index < -0.39 is 0 Å². The molecule has 0 N–H and O–H groups in total. The van der Waals surface area contributed by atoms with Crippen LogP contribution in [-0.2, 0) is 11.3 Å². The van der Waals surface area contributed by atoms with E-state index in [2.05, 4.69) is 40.1 Å². The van der Waals surface area contributed by atoms with Gasteiger partial charge in [0.25, 0.3) is 5.91 Å². The zero-order chi connectivity index (χ0) is 21.5. The van der Waals surface area contributed by atoms with Gasteiger partial charge in [-0.05, 0) is 55.8 Å². The molecule has 0 atom stereocenters. The van der Waals surface area contributed by atoms with Crippen molar-refractivity contribution in [3.05, 3.63) is 60.2 Å². The summed E-state index contributed by atoms with van der Waals surface area (Å²) in [6, 6.07) is 18.7. The molecule has 6 heteroatoms. The molecular weight excluding hydrogens is 390 g/mol. The van der Waals surface area contributed by atoms with Crippen LogP contribution in [0.5, 0.6) is 11.5 Å². The highest BCUT2D eigenvalue weighted by molar-refractivity contribution is 5.77. The average molecular weight is 424 g/mol. The van der Waals surface area contributed by atoms with Crippen molar-refractivity contribution in [2.24, 2.45) is 0 Å². The van der Waals surface area contributed by atoms with E-state index in [0.717, 1.165) is 51.6 Å². The minimum atomic E-state index is 0.0631. The number of benzene rings is 2. The molecule has 2 aliphatic rings. The number of hydrogen-bond donors (Lipinski definition) is 0. The Morgan fingerprint density at radius 3 is 2.16 bits per heavy atom. The highest BCUT2D eigenvalue weighted by Gasteiger charge is 2.28. The Kier molecular flexibility index (Phi) is 7.43. The molecule has 166 valence electrons. The lowest BCUT2D eigenvalue weighted by atomic mass is 10.0. The second-order valence-electron chi connectivity index (χ2n) is 8.37. The van der Waals surface area contributed by atoms with Gasteiger partial charge in [0.2, 0.25) is 0 Å². The SMILES string of the molecule is COc1ccc(OCC(=O)N2CCN(C3CCN(Cc4ccccc4)CC3)CC2)cc1. The molecular formula is C25H33N3O3. The van der Waals surface area contributed by atoms with Gasteiger partial charge in [0.05, 0.1) is 7.11 Å². The second kappa shape index (κ2) is 10.6. The van der Waals surface area contributed by atoms with Crippen LogP contribution in [0.2, 0.25) is 0 Å². The van der Waals surface area contributed by atoms with Gasteiger partial charge in [-0.25, -0.2) is 0 Å². The number of piperazine rings is 1. The quantitative estimate of drug-likeness (QED) is 0.685. The first kappa shape index (κ1) is 21.7. The van der Waals surface area contributed by atoms with Crippen molar-refractivity contribution in [2.75, 3.05) is 53.0 Å². The summed E-state index contributed by atoms with van der Waals surface area (Å²) in [7, 11) is 1.63. The molecule has 1 amide bonds. The Balaban J connectivity index is 1.16. The van der Waals surface area contributed by atoms with Crippen LogP contribution in [0.15, 0.2) is 54.6 Å². The largest absolute Gasteiger partial charge is 0.497 e. The van der Waals surface area contributed by atoms with Gasteiger partial charge in [0.1, 0.15) is 11.5 Å². The Morgan fingerprint density at radius 2 is 1.52 bits per heavy atom. The van der Waals surface area contributed by atoms with Crippen molar-refractivity contribution in [1.29, 1.82) is 0 Å². The molecule has 2 aliphatic heterocycles. The van der Waals surface area contributed by atoms with Crippen molar-refractivity contribution in [1.82, 2.24) is 14.7 Å². The van der Waals surface area contributed by atoms with E-state index in [0.29, 0.717) is 11.8 Å². The lowest BCUT2D eigenvalue weighted by molar-refractivity contribution is -0.135. The molecule has 0 bridgehead atoms. The molecule has 0 aliphatic carbocycles. The van der Waals surface area contributed by atoms with E-state index in [-0.39, 0.29) is 12.5 Å². The van der Waals surface area contributed by atoms with Gasteiger partial charge in [-0.2, -0.15) is 0 Å². The highest BCUT2D eigenvalue weighted by Crippen LogP contribution is 2.20. The first-order valence-electron chi connectivity index (χ1n) is 11.3. The minimum absolute atomic E-state index is 0.0631. The summed E-state index contributed by atoms with van der Waals surface area (Å²) in [4.78, 5) is 19.6. The Hall–Kier alpha value is -2.57. The summed E-state index contributed by atoms with van der Waals surface area (Å²) >= 11 is 0. The first-order chi connectivity index (χ1) is 15.2. The molecule has 0 unspecified atom stereocenters. The van der Waals surface area contributed by atoms with Crippen LogP contribution in [0, 0.1) is 0 Å². The number of amides is 1. The van der Waals surface area contributed by atoms with Gasteiger partial charge in [-0.3, -0.25) is 14.6 Å². The molecule has 0 spiro atoms. The van der Waals surface area contributed by atoms with E-state index in [4.69, 9.17) is 9.47 Å². The average Bonchev–Trinajstić information content (AvgIpc) is 2.84. The number of hydrogen-bond acceptors (Lipinski definition) is 5. The van der Waals surface area contributed by atoms with Crippen molar-refractivity contribution >= 4 is 5.91 Å². The normalized spacial score (nSPS) is 18.7. The van der Waals surface area contributed by atoms with Crippen LogP contribution >= 0.6 is 0 Å². The predicted octanol–water partition coefficient (Wildman–Crippen LogP) is 2.88. The fraction of sp³-hybridized carbons (Fsp3) is 0.480. The standard InChI is InChI=1S/C25H33N3O3/c1-30-23-7-9-24(10-8-23)31-20-25(29)28-17-15-27(16-18-28)22-11-13-26(14-12-22)19-21-5-3-2-4-6-21/h2-10,22H,11-20H2,1H3. The van der Waals surface area contributed by atoms with Gasteiger partial charge in [0, 0.05) is 38.8 Å². The molecule has 2 fully saturated rings. The Morgan fingerprint density at radius 1 is 0.871 bits per heavy atom. The molecule has 2 aromatic carbocycles. The van der Waals surface area contributed by atoms with Gasteiger partial charge in [-0.15, -0.1) is 0 Å². The molecule has 2 saturated heterocycles. The molecule has 6 nitrogen and oxygen atoms in total. The van der Waals surface area contributed by atoms with Crippen molar-refractivity contribution in [3.63, 3.8) is 0 Å². The Bertz CT molecular complexity index is 812. The van der Waals surface area contributed by atoms with E-state index in [1.54, 1.807) is 7.11 Å².